The van der Waals surface area contributed by atoms with Gasteiger partial charge in [-0.25, -0.2) is 0 Å². The fourth-order valence-corrected chi connectivity index (χ4v) is 8.70. The van der Waals surface area contributed by atoms with E-state index in [1.807, 2.05) is 24.3 Å². The van der Waals surface area contributed by atoms with Gasteiger partial charge in [0.25, 0.3) is 0 Å². The molecule has 2 aromatic carbocycles. The van der Waals surface area contributed by atoms with Crippen LogP contribution in [0.5, 0.6) is 5.75 Å². The molecule has 3 amide bonds. The highest BCUT2D eigenvalue weighted by Crippen LogP contribution is 2.55. The quantitative estimate of drug-likeness (QED) is 0.356. The molecule has 4 aliphatic heterocycles. The lowest BCUT2D eigenvalue weighted by molar-refractivity contribution is -0.141. The number of carbonyl (C=O) groups is 3. The maximum absolute atomic E-state index is 14.4. The first-order valence-corrected chi connectivity index (χ1v) is 17.8. The molecule has 7 atom stereocenters. The smallest absolute Gasteiger partial charge is 0.246 e. The van der Waals surface area contributed by atoms with Crippen LogP contribution in [-0.2, 0) is 25.7 Å². The van der Waals surface area contributed by atoms with Gasteiger partial charge < -0.3 is 29.9 Å². The monoisotopic (exact) mass is 655 g/mol. The Morgan fingerprint density at radius 1 is 0.958 bits per heavy atom. The van der Waals surface area contributed by atoms with Crippen molar-refractivity contribution in [2.45, 2.75) is 69.4 Å². The molecule has 0 radical (unpaired) electrons. The molecule has 2 bridgehead atoms. The minimum Gasteiger partial charge on any atom is -0.497 e. The zero-order chi connectivity index (χ0) is 33.3. The Balaban J connectivity index is 1.05. The Hall–Kier alpha value is -3.73. The van der Waals surface area contributed by atoms with E-state index in [0.717, 1.165) is 65.0 Å². The van der Waals surface area contributed by atoms with E-state index in [2.05, 4.69) is 57.7 Å². The number of nitrogens with zero attached hydrogens (tertiary/aromatic N) is 3. The molecular formula is C38H49N5O5. The zero-order valence-electron chi connectivity index (χ0n) is 28.2. The van der Waals surface area contributed by atoms with Crippen molar-refractivity contribution in [3.63, 3.8) is 0 Å². The SMILES string of the molecule is COc1cccc(NC(=O)[C@@H]2[C@@H]3C=C[C@]4(O3)[C@@H]2C(=O)N(CCCN2CCN(Cc3ccccc3)CC2)[C@H]4C(=O)N[C@@H]2CCCC[C@H]2C)c1. The van der Waals surface area contributed by atoms with Gasteiger partial charge in [-0.1, -0.05) is 68.3 Å². The highest BCUT2D eigenvalue weighted by molar-refractivity contribution is 6.02. The van der Waals surface area contributed by atoms with E-state index in [4.69, 9.17) is 9.47 Å². The molecular weight excluding hydrogens is 606 g/mol. The predicted molar refractivity (Wildman–Crippen MR) is 183 cm³/mol. The van der Waals surface area contributed by atoms with E-state index < -0.39 is 29.6 Å². The van der Waals surface area contributed by atoms with Crippen molar-refractivity contribution < 1.29 is 23.9 Å². The number of carbonyl (C=O) groups excluding carboxylic acids is 3. The third kappa shape index (κ3) is 6.37. The number of benzene rings is 2. The summed E-state index contributed by atoms with van der Waals surface area (Å²) in [6.07, 6.45) is 8.22. The molecule has 1 aliphatic carbocycles. The third-order valence-electron chi connectivity index (χ3n) is 11.3. The molecule has 7 rings (SSSR count). The third-order valence-corrected chi connectivity index (χ3v) is 11.3. The summed E-state index contributed by atoms with van der Waals surface area (Å²) < 4.78 is 11.9. The fraction of sp³-hybridized carbons (Fsp3) is 0.553. The van der Waals surface area contributed by atoms with Crippen LogP contribution >= 0.6 is 0 Å². The summed E-state index contributed by atoms with van der Waals surface area (Å²) in [4.78, 5) is 49.2. The molecule has 4 fully saturated rings. The molecule has 2 aromatic rings. The normalized spacial score (nSPS) is 31.5. The van der Waals surface area contributed by atoms with E-state index >= 15 is 0 Å². The Kier molecular flexibility index (Phi) is 9.58. The number of piperazine rings is 1. The van der Waals surface area contributed by atoms with E-state index in [1.54, 1.807) is 24.1 Å². The number of anilines is 1. The van der Waals surface area contributed by atoms with E-state index in [9.17, 15) is 14.4 Å². The highest BCUT2D eigenvalue weighted by atomic mass is 16.5. The summed E-state index contributed by atoms with van der Waals surface area (Å²) in [5.74, 6) is -1.12. The molecule has 0 unspecified atom stereocenters. The van der Waals surface area contributed by atoms with Gasteiger partial charge in [0.05, 0.1) is 25.0 Å². The topological polar surface area (TPSA) is 103 Å². The molecule has 1 spiro atoms. The molecule has 3 saturated heterocycles. The number of nitrogens with one attached hydrogen (secondary N) is 2. The number of rotatable bonds is 11. The van der Waals surface area contributed by atoms with Crippen molar-refractivity contribution >= 4 is 23.4 Å². The van der Waals surface area contributed by atoms with Crippen molar-refractivity contribution in [3.05, 3.63) is 72.3 Å². The maximum Gasteiger partial charge on any atom is 0.246 e. The summed E-state index contributed by atoms with van der Waals surface area (Å²) in [5.41, 5.74) is 0.756. The summed E-state index contributed by atoms with van der Waals surface area (Å²) in [6.45, 7) is 8.36. The average molecular weight is 656 g/mol. The summed E-state index contributed by atoms with van der Waals surface area (Å²) in [7, 11) is 1.58. The first kappa shape index (κ1) is 32.8. The van der Waals surface area contributed by atoms with E-state index in [1.165, 1.54) is 12.0 Å². The minimum absolute atomic E-state index is 0.0700. The Labute approximate surface area is 283 Å². The van der Waals surface area contributed by atoms with E-state index in [0.29, 0.717) is 23.9 Å². The lowest BCUT2D eigenvalue weighted by Crippen LogP contribution is -2.57. The van der Waals surface area contributed by atoms with Crippen molar-refractivity contribution in [2.24, 2.45) is 17.8 Å². The van der Waals surface area contributed by atoms with Gasteiger partial charge in [0.15, 0.2) is 0 Å². The fourth-order valence-electron chi connectivity index (χ4n) is 8.70. The molecule has 48 heavy (non-hydrogen) atoms. The molecule has 4 heterocycles. The number of hydrogen-bond donors (Lipinski definition) is 2. The van der Waals surface area contributed by atoms with Crippen molar-refractivity contribution in [3.8, 4) is 5.75 Å². The number of ether oxygens (including phenoxy) is 2. The van der Waals surface area contributed by atoms with Crippen LogP contribution in [0.25, 0.3) is 0 Å². The van der Waals surface area contributed by atoms with Gasteiger partial charge in [0.1, 0.15) is 17.4 Å². The summed E-state index contributed by atoms with van der Waals surface area (Å²) in [5, 5.41) is 6.33. The van der Waals surface area contributed by atoms with Crippen molar-refractivity contribution in [2.75, 3.05) is 51.7 Å². The molecule has 1 saturated carbocycles. The van der Waals surface area contributed by atoms with Crippen LogP contribution in [0.2, 0.25) is 0 Å². The number of methoxy groups -OCH3 is 1. The predicted octanol–water partition coefficient (Wildman–Crippen LogP) is 3.69. The molecule has 2 N–H and O–H groups in total. The molecule has 256 valence electrons. The van der Waals surface area contributed by atoms with Crippen LogP contribution in [-0.4, -0.2) is 103 Å². The number of fused-ring (bicyclic) bond motifs is 1. The van der Waals surface area contributed by atoms with Crippen LogP contribution < -0.4 is 15.4 Å². The van der Waals surface area contributed by atoms with Gasteiger partial charge in [-0.3, -0.25) is 19.3 Å². The number of likely N-dealkylation sites (tertiary alicyclic amines) is 1. The van der Waals surface area contributed by atoms with Crippen LogP contribution in [0.4, 0.5) is 5.69 Å². The second-order valence-corrected chi connectivity index (χ2v) is 14.3. The standard InChI is InChI=1S/C38H49N5O5/c1-26-10-6-7-15-30(26)40-36(45)34-38-17-16-31(48-38)32(35(44)39-28-13-8-14-29(24-28)47-2)33(38)37(46)43(34)19-9-18-41-20-22-42(23-21-41)25-27-11-4-3-5-12-27/h3-5,8,11-14,16-17,24,26,30-34H,6-7,9-10,15,18-23,25H2,1-2H3,(H,39,44)(H,40,45)/t26-,30-,31+,32-,33+,34+,38+/m1/s1. The molecule has 10 heteroatoms. The Bertz CT molecular complexity index is 1510. The lowest BCUT2D eigenvalue weighted by atomic mass is 9.74. The molecule has 0 aromatic heterocycles. The Morgan fingerprint density at radius 2 is 1.73 bits per heavy atom. The molecule has 5 aliphatic rings. The molecule has 10 nitrogen and oxygen atoms in total. The van der Waals surface area contributed by atoms with Gasteiger partial charge in [0.2, 0.25) is 17.7 Å². The highest BCUT2D eigenvalue weighted by Gasteiger charge is 2.72. The second kappa shape index (κ2) is 14.0. The minimum atomic E-state index is -1.16. The number of hydrogen-bond acceptors (Lipinski definition) is 7. The van der Waals surface area contributed by atoms with Crippen LogP contribution in [0.1, 0.15) is 44.6 Å². The first-order valence-electron chi connectivity index (χ1n) is 17.8. The average Bonchev–Trinajstić information content (AvgIpc) is 3.74. The van der Waals surface area contributed by atoms with Gasteiger partial charge in [-0.15, -0.1) is 0 Å². The van der Waals surface area contributed by atoms with Crippen LogP contribution in [0.15, 0.2) is 66.7 Å². The summed E-state index contributed by atoms with van der Waals surface area (Å²) in [6, 6.07) is 17.0. The largest absolute Gasteiger partial charge is 0.497 e. The summed E-state index contributed by atoms with van der Waals surface area (Å²) >= 11 is 0. The van der Waals surface area contributed by atoms with Crippen LogP contribution in [0.3, 0.4) is 0 Å². The maximum atomic E-state index is 14.4. The van der Waals surface area contributed by atoms with Gasteiger partial charge in [-0.2, -0.15) is 0 Å². The van der Waals surface area contributed by atoms with E-state index in [-0.39, 0.29) is 23.8 Å². The zero-order valence-corrected chi connectivity index (χ0v) is 28.2. The first-order chi connectivity index (χ1) is 23.4. The van der Waals surface area contributed by atoms with Gasteiger partial charge >= 0.3 is 0 Å². The number of amides is 3. The second-order valence-electron chi connectivity index (χ2n) is 14.3. The van der Waals surface area contributed by atoms with Crippen LogP contribution in [0, 0.1) is 17.8 Å². The Morgan fingerprint density at radius 3 is 2.50 bits per heavy atom. The van der Waals surface area contributed by atoms with Gasteiger partial charge in [-0.05, 0) is 49.4 Å². The van der Waals surface area contributed by atoms with Crippen molar-refractivity contribution in [1.82, 2.24) is 20.0 Å². The van der Waals surface area contributed by atoms with Crippen molar-refractivity contribution in [1.29, 1.82) is 0 Å². The van der Waals surface area contributed by atoms with Gasteiger partial charge in [0, 0.05) is 57.1 Å². The lowest BCUT2D eigenvalue weighted by Gasteiger charge is -2.37.